The van der Waals surface area contributed by atoms with E-state index >= 15 is 0 Å². The number of fused-ring (bicyclic) bond motifs is 6. The van der Waals surface area contributed by atoms with Crippen LogP contribution in [-0.2, 0) is 14.3 Å². The Morgan fingerprint density at radius 1 is 1.38 bits per heavy atom. The molecule has 26 heavy (non-hydrogen) atoms. The standard InChI is InChI=1S/C21H30O5/c1-12(2)14-5-6-20(18(23)24)8-7-19(3)15(17(14)20)9-16-13(11-22)10-21(19,25-4)26-16/h10,12,15-16,22H,5-9,11H2,1-4H3,(H,23,24)/t15?,16-,19-,20+,21-/m1/s1. The largest absolute Gasteiger partial charge is 0.481 e. The first-order valence-corrected chi connectivity index (χ1v) is 9.77. The fraction of sp³-hybridized carbons (Fsp3) is 0.762. The molecule has 0 aromatic rings. The van der Waals surface area contributed by atoms with Crippen LogP contribution >= 0.6 is 0 Å². The lowest BCUT2D eigenvalue weighted by atomic mass is 9.52. The van der Waals surface area contributed by atoms with Crippen molar-refractivity contribution in [2.45, 2.75) is 64.8 Å². The number of carboxylic acid groups (broad SMARTS) is 1. The van der Waals surface area contributed by atoms with Crippen molar-refractivity contribution in [1.82, 2.24) is 0 Å². The normalized spacial score (nSPS) is 44.2. The topological polar surface area (TPSA) is 76.0 Å². The first-order chi connectivity index (χ1) is 12.2. The summed E-state index contributed by atoms with van der Waals surface area (Å²) in [6.07, 6.45) is 5.46. The highest BCUT2D eigenvalue weighted by atomic mass is 16.7. The Bertz CT molecular complexity index is 707. The van der Waals surface area contributed by atoms with Crippen LogP contribution in [-0.4, -0.2) is 41.8 Å². The molecule has 5 heteroatoms. The molecule has 0 spiro atoms. The molecule has 1 saturated heterocycles. The number of aliphatic hydroxyl groups is 1. The number of rotatable bonds is 4. The lowest BCUT2D eigenvalue weighted by molar-refractivity contribution is -0.300. The van der Waals surface area contributed by atoms with E-state index in [4.69, 9.17) is 9.47 Å². The van der Waals surface area contributed by atoms with Crippen LogP contribution in [0, 0.1) is 22.7 Å². The van der Waals surface area contributed by atoms with Gasteiger partial charge in [0.1, 0.15) is 0 Å². The number of methoxy groups -OCH3 is 1. The molecule has 2 N–H and O–H groups in total. The van der Waals surface area contributed by atoms with Gasteiger partial charge in [0.25, 0.3) is 0 Å². The second-order valence-corrected chi connectivity index (χ2v) is 9.04. The van der Waals surface area contributed by atoms with Crippen molar-refractivity contribution in [1.29, 1.82) is 0 Å². The van der Waals surface area contributed by atoms with Gasteiger partial charge in [0.05, 0.1) is 18.1 Å². The second kappa shape index (κ2) is 5.66. The number of carbonyl (C=O) groups is 1. The summed E-state index contributed by atoms with van der Waals surface area (Å²) < 4.78 is 12.2. The summed E-state index contributed by atoms with van der Waals surface area (Å²) in [7, 11) is 1.66. The Morgan fingerprint density at radius 2 is 2.12 bits per heavy atom. The minimum atomic E-state index is -0.874. The molecule has 5 atom stereocenters. The van der Waals surface area contributed by atoms with E-state index in [1.54, 1.807) is 7.11 Å². The Balaban J connectivity index is 1.90. The molecular formula is C21H30O5. The van der Waals surface area contributed by atoms with Crippen LogP contribution in [0.4, 0.5) is 0 Å². The van der Waals surface area contributed by atoms with Crippen molar-refractivity contribution in [3.63, 3.8) is 0 Å². The van der Waals surface area contributed by atoms with Crippen molar-refractivity contribution < 1.29 is 24.5 Å². The zero-order valence-corrected chi connectivity index (χ0v) is 16.2. The maximum atomic E-state index is 12.4. The number of allylic oxidation sites excluding steroid dienone is 1. The van der Waals surface area contributed by atoms with Gasteiger partial charge < -0.3 is 19.7 Å². The first kappa shape index (κ1) is 18.2. The summed E-state index contributed by atoms with van der Waals surface area (Å²) in [5, 5.41) is 20.0. The minimum Gasteiger partial charge on any atom is -0.481 e. The molecule has 0 amide bonds. The Morgan fingerprint density at radius 3 is 2.69 bits per heavy atom. The van der Waals surface area contributed by atoms with Crippen LogP contribution in [0.3, 0.4) is 0 Å². The van der Waals surface area contributed by atoms with E-state index in [0.717, 1.165) is 30.4 Å². The van der Waals surface area contributed by atoms with Crippen LogP contribution in [0.1, 0.15) is 52.9 Å². The smallest absolute Gasteiger partial charge is 0.313 e. The lowest BCUT2D eigenvalue weighted by Gasteiger charge is -2.58. The van der Waals surface area contributed by atoms with Gasteiger partial charge >= 0.3 is 5.97 Å². The predicted octanol–water partition coefficient (Wildman–Crippen LogP) is 3.28. The van der Waals surface area contributed by atoms with Gasteiger partial charge in [-0.25, -0.2) is 0 Å². The molecule has 4 aliphatic rings. The summed E-state index contributed by atoms with van der Waals surface area (Å²) in [4.78, 5) is 12.4. The molecule has 144 valence electrons. The molecule has 0 aromatic heterocycles. The summed E-state index contributed by atoms with van der Waals surface area (Å²) in [6.45, 7) is 6.48. The second-order valence-electron chi connectivity index (χ2n) is 9.04. The monoisotopic (exact) mass is 362 g/mol. The zero-order valence-electron chi connectivity index (χ0n) is 16.2. The zero-order chi connectivity index (χ0) is 18.9. The number of carboxylic acids is 1. The molecule has 2 aliphatic carbocycles. The minimum absolute atomic E-state index is 0.0429. The maximum Gasteiger partial charge on any atom is 0.313 e. The Kier molecular flexibility index (Phi) is 3.97. The van der Waals surface area contributed by atoms with Gasteiger partial charge in [0.15, 0.2) is 5.79 Å². The van der Waals surface area contributed by atoms with Crippen molar-refractivity contribution in [3.05, 3.63) is 22.8 Å². The molecule has 0 aromatic carbocycles. The van der Waals surface area contributed by atoms with E-state index in [1.807, 2.05) is 6.08 Å². The number of aliphatic carboxylic acids is 1. The van der Waals surface area contributed by atoms with E-state index in [0.29, 0.717) is 18.8 Å². The molecule has 1 unspecified atom stereocenters. The fourth-order valence-electron chi connectivity index (χ4n) is 6.29. The van der Waals surface area contributed by atoms with E-state index < -0.39 is 17.2 Å². The molecule has 4 rings (SSSR count). The predicted molar refractivity (Wildman–Crippen MR) is 96.4 cm³/mol. The molecule has 5 nitrogen and oxygen atoms in total. The molecule has 2 aliphatic heterocycles. The molecular weight excluding hydrogens is 332 g/mol. The highest BCUT2D eigenvalue weighted by Crippen LogP contribution is 2.68. The number of ether oxygens (including phenoxy) is 2. The van der Waals surface area contributed by atoms with Gasteiger partial charge in [0, 0.05) is 12.5 Å². The summed E-state index contributed by atoms with van der Waals surface area (Å²) in [5.74, 6) is -1.10. The Hall–Kier alpha value is -1.17. The third kappa shape index (κ3) is 2.00. The van der Waals surface area contributed by atoms with Gasteiger partial charge in [-0.2, -0.15) is 0 Å². The van der Waals surface area contributed by atoms with Crippen LogP contribution in [0.15, 0.2) is 22.8 Å². The molecule has 1 saturated carbocycles. The van der Waals surface area contributed by atoms with Crippen LogP contribution in [0.25, 0.3) is 0 Å². The van der Waals surface area contributed by atoms with E-state index in [9.17, 15) is 15.0 Å². The van der Waals surface area contributed by atoms with Crippen LogP contribution < -0.4 is 0 Å². The van der Waals surface area contributed by atoms with Crippen molar-refractivity contribution >= 4 is 5.97 Å². The van der Waals surface area contributed by atoms with Crippen molar-refractivity contribution in [3.8, 4) is 0 Å². The SMILES string of the molecule is CO[C@@]12C=C(CO)[C@@H](CC3C4=C(C(C)C)CC[C@]4(C(=O)O)CC[C@]31C)O2. The lowest BCUT2D eigenvalue weighted by Crippen LogP contribution is -2.60. The van der Waals surface area contributed by atoms with E-state index in [-0.39, 0.29) is 24.0 Å². The van der Waals surface area contributed by atoms with E-state index in [2.05, 4.69) is 20.8 Å². The third-order valence-electron chi connectivity index (χ3n) is 7.82. The van der Waals surface area contributed by atoms with Gasteiger partial charge in [0.2, 0.25) is 0 Å². The average Bonchev–Trinajstić information content (AvgIpc) is 3.15. The van der Waals surface area contributed by atoms with Gasteiger partial charge in [-0.3, -0.25) is 4.79 Å². The maximum absolute atomic E-state index is 12.4. The summed E-state index contributed by atoms with van der Waals surface area (Å²) in [5.41, 5.74) is 2.29. The highest BCUT2D eigenvalue weighted by Gasteiger charge is 2.68. The quantitative estimate of drug-likeness (QED) is 0.751. The van der Waals surface area contributed by atoms with Gasteiger partial charge in [-0.15, -0.1) is 0 Å². The third-order valence-corrected chi connectivity index (χ3v) is 7.82. The molecule has 0 radical (unpaired) electrons. The van der Waals surface area contributed by atoms with Crippen LogP contribution in [0.2, 0.25) is 0 Å². The fourth-order valence-corrected chi connectivity index (χ4v) is 6.29. The molecule has 2 fully saturated rings. The molecule has 2 bridgehead atoms. The van der Waals surface area contributed by atoms with Gasteiger partial charge in [-0.1, -0.05) is 26.3 Å². The number of aliphatic hydroxyl groups excluding tert-OH is 1. The Labute approximate surface area is 155 Å². The van der Waals surface area contributed by atoms with Crippen molar-refractivity contribution in [2.75, 3.05) is 13.7 Å². The number of hydrogen-bond acceptors (Lipinski definition) is 4. The summed E-state index contributed by atoms with van der Waals surface area (Å²) in [6, 6.07) is 0. The first-order valence-electron chi connectivity index (χ1n) is 9.77. The van der Waals surface area contributed by atoms with Gasteiger partial charge in [-0.05, 0) is 61.2 Å². The average molecular weight is 362 g/mol. The van der Waals surface area contributed by atoms with E-state index in [1.165, 1.54) is 5.57 Å². The van der Waals surface area contributed by atoms with Crippen LogP contribution in [0.5, 0.6) is 0 Å². The summed E-state index contributed by atoms with van der Waals surface area (Å²) >= 11 is 0. The molecule has 2 heterocycles. The highest BCUT2D eigenvalue weighted by molar-refractivity contribution is 5.81. The van der Waals surface area contributed by atoms with Crippen molar-refractivity contribution in [2.24, 2.45) is 22.7 Å². The number of hydrogen-bond donors (Lipinski definition) is 2.